The third kappa shape index (κ3) is 3.42. The molecular formula is C16H13ClN2O4S. The van der Waals surface area contributed by atoms with Crippen LogP contribution in [0, 0.1) is 0 Å². The molecule has 0 saturated heterocycles. The number of furan rings is 1. The second kappa shape index (κ2) is 7.02. The van der Waals surface area contributed by atoms with Crippen LogP contribution in [-0.4, -0.2) is 23.1 Å². The lowest BCUT2D eigenvalue weighted by atomic mass is 10.3. The van der Waals surface area contributed by atoms with Crippen LogP contribution in [0.3, 0.4) is 0 Å². The Morgan fingerprint density at radius 3 is 2.92 bits per heavy atom. The molecule has 0 saturated carbocycles. The lowest BCUT2D eigenvalue weighted by Gasteiger charge is -2.04. The number of halogens is 1. The Kier molecular flexibility index (Phi) is 4.82. The molecule has 3 rings (SSSR count). The van der Waals surface area contributed by atoms with Crippen LogP contribution in [0.2, 0.25) is 5.02 Å². The number of benzene rings is 1. The molecule has 0 atom stereocenters. The molecule has 2 aromatic heterocycles. The van der Waals surface area contributed by atoms with Gasteiger partial charge in [0, 0.05) is 5.02 Å². The average molecular weight is 365 g/mol. The van der Waals surface area contributed by atoms with Gasteiger partial charge in [0.05, 0.1) is 23.1 Å². The number of nitrogens with zero attached hydrogens (tertiary/aromatic N) is 2. The van der Waals surface area contributed by atoms with E-state index in [1.807, 2.05) is 0 Å². The SMILES string of the molecule is CCOC(=O)Cn1c(=NC(=O)c2ccco2)sc2cc(Cl)ccc21. The predicted octanol–water partition coefficient (Wildman–Crippen LogP) is 3.25. The van der Waals surface area contributed by atoms with E-state index in [-0.39, 0.29) is 18.9 Å². The topological polar surface area (TPSA) is 73.8 Å². The highest BCUT2D eigenvalue weighted by Crippen LogP contribution is 2.22. The van der Waals surface area contributed by atoms with Crippen molar-refractivity contribution in [3.05, 3.63) is 52.2 Å². The van der Waals surface area contributed by atoms with E-state index in [9.17, 15) is 9.59 Å². The molecular weight excluding hydrogens is 352 g/mol. The van der Waals surface area contributed by atoms with Gasteiger partial charge in [-0.15, -0.1) is 0 Å². The van der Waals surface area contributed by atoms with E-state index < -0.39 is 11.9 Å². The number of hydrogen-bond acceptors (Lipinski definition) is 5. The fourth-order valence-corrected chi connectivity index (χ4v) is 3.47. The molecule has 1 amide bonds. The zero-order valence-corrected chi connectivity index (χ0v) is 14.3. The molecule has 0 unspecified atom stereocenters. The maximum atomic E-state index is 12.2. The van der Waals surface area contributed by atoms with Crippen molar-refractivity contribution in [3.8, 4) is 0 Å². The van der Waals surface area contributed by atoms with E-state index >= 15 is 0 Å². The number of amides is 1. The van der Waals surface area contributed by atoms with E-state index in [4.69, 9.17) is 20.8 Å². The van der Waals surface area contributed by atoms with Gasteiger partial charge in [0.15, 0.2) is 10.6 Å². The molecule has 24 heavy (non-hydrogen) atoms. The van der Waals surface area contributed by atoms with Crippen molar-refractivity contribution in [2.75, 3.05) is 6.61 Å². The van der Waals surface area contributed by atoms with Crippen molar-refractivity contribution in [2.24, 2.45) is 4.99 Å². The van der Waals surface area contributed by atoms with Crippen LogP contribution < -0.4 is 4.80 Å². The summed E-state index contributed by atoms with van der Waals surface area (Å²) in [6.07, 6.45) is 1.40. The van der Waals surface area contributed by atoms with Gasteiger partial charge in [0.1, 0.15) is 6.54 Å². The highest BCUT2D eigenvalue weighted by atomic mass is 35.5. The lowest BCUT2D eigenvalue weighted by Crippen LogP contribution is -2.23. The zero-order valence-electron chi connectivity index (χ0n) is 12.7. The molecule has 2 heterocycles. The molecule has 0 aliphatic rings. The number of ether oxygens (including phenoxy) is 1. The second-order valence-electron chi connectivity index (χ2n) is 4.78. The number of carbonyl (C=O) groups is 2. The third-order valence-corrected chi connectivity index (χ3v) is 4.44. The summed E-state index contributed by atoms with van der Waals surface area (Å²) in [6, 6.07) is 8.41. The molecule has 0 bridgehead atoms. The summed E-state index contributed by atoms with van der Waals surface area (Å²) in [4.78, 5) is 28.5. The van der Waals surface area contributed by atoms with Gasteiger partial charge in [-0.2, -0.15) is 4.99 Å². The lowest BCUT2D eigenvalue weighted by molar-refractivity contribution is -0.143. The minimum Gasteiger partial charge on any atom is -0.465 e. The van der Waals surface area contributed by atoms with Crippen LogP contribution in [0.4, 0.5) is 0 Å². The highest BCUT2D eigenvalue weighted by molar-refractivity contribution is 7.16. The Morgan fingerprint density at radius 1 is 1.38 bits per heavy atom. The Bertz CT molecular complexity index is 956. The number of thiazole rings is 1. The maximum Gasteiger partial charge on any atom is 0.326 e. The van der Waals surface area contributed by atoms with Gasteiger partial charge in [-0.1, -0.05) is 22.9 Å². The molecule has 0 radical (unpaired) electrons. The van der Waals surface area contributed by atoms with Crippen LogP contribution in [-0.2, 0) is 16.1 Å². The van der Waals surface area contributed by atoms with Gasteiger partial charge in [-0.3, -0.25) is 9.59 Å². The molecule has 8 heteroatoms. The van der Waals surface area contributed by atoms with Crippen molar-refractivity contribution >= 4 is 45.0 Å². The fraction of sp³-hybridized carbons (Fsp3) is 0.188. The van der Waals surface area contributed by atoms with Gasteiger partial charge in [0.25, 0.3) is 0 Å². The predicted molar refractivity (Wildman–Crippen MR) is 90.1 cm³/mol. The number of rotatable bonds is 4. The first-order chi connectivity index (χ1) is 11.6. The van der Waals surface area contributed by atoms with Crippen LogP contribution in [0.15, 0.2) is 46.0 Å². The number of hydrogen-bond donors (Lipinski definition) is 0. The van der Waals surface area contributed by atoms with Gasteiger partial charge >= 0.3 is 11.9 Å². The van der Waals surface area contributed by atoms with E-state index in [2.05, 4.69) is 4.99 Å². The Balaban J connectivity index is 2.11. The molecule has 6 nitrogen and oxygen atoms in total. The van der Waals surface area contributed by atoms with Crippen LogP contribution in [0.5, 0.6) is 0 Å². The molecule has 124 valence electrons. The van der Waals surface area contributed by atoms with Gasteiger partial charge in [-0.25, -0.2) is 0 Å². The molecule has 0 fully saturated rings. The Morgan fingerprint density at radius 2 is 2.21 bits per heavy atom. The standard InChI is InChI=1S/C16H13ClN2O4S/c1-2-22-14(20)9-19-11-6-5-10(17)8-13(11)24-16(19)18-15(21)12-4-3-7-23-12/h3-8H,2,9H2,1H3. The number of carbonyl (C=O) groups excluding carboxylic acids is 2. The molecule has 0 N–H and O–H groups in total. The summed E-state index contributed by atoms with van der Waals surface area (Å²) in [6.45, 7) is 1.98. The first-order valence-corrected chi connectivity index (χ1v) is 8.35. The molecule has 0 aliphatic heterocycles. The highest BCUT2D eigenvalue weighted by Gasteiger charge is 2.14. The van der Waals surface area contributed by atoms with E-state index in [0.29, 0.717) is 9.82 Å². The summed E-state index contributed by atoms with van der Waals surface area (Å²) in [5.41, 5.74) is 0.753. The van der Waals surface area contributed by atoms with Crippen molar-refractivity contribution in [1.82, 2.24) is 4.57 Å². The monoisotopic (exact) mass is 364 g/mol. The summed E-state index contributed by atoms with van der Waals surface area (Å²) in [5, 5.41) is 0.566. The summed E-state index contributed by atoms with van der Waals surface area (Å²) >= 11 is 7.28. The maximum absolute atomic E-state index is 12.2. The minimum atomic E-state index is -0.518. The smallest absolute Gasteiger partial charge is 0.326 e. The minimum absolute atomic E-state index is 0.0419. The van der Waals surface area contributed by atoms with Crippen LogP contribution in [0.1, 0.15) is 17.5 Å². The van der Waals surface area contributed by atoms with Crippen molar-refractivity contribution < 1.29 is 18.7 Å². The van der Waals surface area contributed by atoms with Crippen LogP contribution in [0.25, 0.3) is 10.2 Å². The molecule has 0 spiro atoms. The third-order valence-electron chi connectivity index (χ3n) is 3.17. The Hall–Kier alpha value is -2.38. The number of esters is 1. The molecule has 3 aromatic rings. The summed E-state index contributed by atoms with van der Waals surface area (Å²) < 4.78 is 12.5. The molecule has 0 aliphatic carbocycles. The Labute approximate surface area is 145 Å². The summed E-state index contributed by atoms with van der Waals surface area (Å²) in [7, 11) is 0. The van der Waals surface area contributed by atoms with E-state index in [1.54, 1.807) is 35.8 Å². The average Bonchev–Trinajstić information content (AvgIpc) is 3.16. The fourth-order valence-electron chi connectivity index (χ4n) is 2.16. The van der Waals surface area contributed by atoms with Crippen LogP contribution >= 0.6 is 22.9 Å². The number of fused-ring (bicyclic) bond motifs is 1. The first-order valence-electron chi connectivity index (χ1n) is 7.15. The molecule has 1 aromatic carbocycles. The normalized spacial score (nSPS) is 11.8. The van der Waals surface area contributed by atoms with E-state index in [1.165, 1.54) is 23.7 Å². The van der Waals surface area contributed by atoms with Crippen molar-refractivity contribution in [3.63, 3.8) is 0 Å². The van der Waals surface area contributed by atoms with Gasteiger partial charge in [-0.05, 0) is 37.3 Å². The quantitative estimate of drug-likeness (QED) is 0.666. The summed E-state index contributed by atoms with van der Waals surface area (Å²) in [5.74, 6) is -0.789. The van der Waals surface area contributed by atoms with Crippen molar-refractivity contribution in [2.45, 2.75) is 13.5 Å². The largest absolute Gasteiger partial charge is 0.465 e. The second-order valence-corrected chi connectivity index (χ2v) is 6.23. The zero-order chi connectivity index (χ0) is 17.1. The van der Waals surface area contributed by atoms with E-state index in [0.717, 1.165) is 10.2 Å². The number of aromatic nitrogens is 1. The van der Waals surface area contributed by atoms with Gasteiger partial charge in [0.2, 0.25) is 0 Å². The van der Waals surface area contributed by atoms with Gasteiger partial charge < -0.3 is 13.7 Å². The van der Waals surface area contributed by atoms with Crippen molar-refractivity contribution in [1.29, 1.82) is 0 Å². The first kappa shape index (κ1) is 16.5.